The van der Waals surface area contributed by atoms with Gasteiger partial charge in [0.1, 0.15) is 10.9 Å². The average molecular weight is 559 g/mol. The number of fused-ring (bicyclic) bond motifs is 1. The molecule has 210 valence electrons. The van der Waals surface area contributed by atoms with Gasteiger partial charge in [-0.3, -0.25) is 9.78 Å². The number of anilines is 1. The molecule has 1 saturated heterocycles. The number of H-pyrrole nitrogens is 1. The second-order valence-corrected chi connectivity index (χ2v) is 10.9. The molecule has 0 radical (unpaired) electrons. The van der Waals surface area contributed by atoms with Gasteiger partial charge in [-0.15, -0.1) is 0 Å². The van der Waals surface area contributed by atoms with Crippen molar-refractivity contribution in [3.05, 3.63) is 48.4 Å². The van der Waals surface area contributed by atoms with Crippen LogP contribution in [-0.2, 0) is 24.3 Å². The van der Waals surface area contributed by atoms with E-state index in [-0.39, 0.29) is 17.9 Å². The maximum absolute atomic E-state index is 13.8. The predicted octanol–water partition coefficient (Wildman–Crippen LogP) is 3.32. The number of aromatic nitrogens is 3. The van der Waals surface area contributed by atoms with Gasteiger partial charge in [0.15, 0.2) is 12.2 Å². The van der Waals surface area contributed by atoms with E-state index in [2.05, 4.69) is 25.0 Å². The lowest BCUT2D eigenvalue weighted by Gasteiger charge is -2.36. The number of aromatic amines is 1. The minimum Gasteiger partial charge on any atom is -0.435 e. The Morgan fingerprint density at radius 2 is 2.05 bits per heavy atom. The Balaban J connectivity index is 1.57. The van der Waals surface area contributed by atoms with Crippen molar-refractivity contribution in [3.8, 4) is 0 Å². The molecule has 3 N–H and O–H groups in total. The molecule has 4 rings (SSSR count). The number of amides is 1. The van der Waals surface area contributed by atoms with Crippen LogP contribution in [0, 0.1) is 6.92 Å². The number of para-hydroxylation sites is 1. The largest absolute Gasteiger partial charge is 0.510 e. The second kappa shape index (κ2) is 12.9. The summed E-state index contributed by atoms with van der Waals surface area (Å²) in [4.78, 5) is 38.6. The number of carbonyl (C=O) groups is 2. The number of rotatable bonds is 11. The molecule has 0 saturated carbocycles. The Hall–Kier alpha value is -3.71. The summed E-state index contributed by atoms with van der Waals surface area (Å²) in [5.74, 6) is 0.115. The molecule has 2 atom stereocenters. The Labute approximate surface area is 227 Å². The maximum Gasteiger partial charge on any atom is 0.510 e. The zero-order valence-electron chi connectivity index (χ0n) is 22.1. The van der Waals surface area contributed by atoms with E-state index in [4.69, 9.17) is 9.47 Å². The highest BCUT2D eigenvalue weighted by Gasteiger charge is 2.36. The van der Waals surface area contributed by atoms with Crippen LogP contribution in [-0.4, -0.2) is 72.3 Å². The summed E-state index contributed by atoms with van der Waals surface area (Å²) in [6, 6.07) is 5.66. The number of hydrogen-bond acceptors (Lipinski definition) is 9. The molecule has 1 aliphatic heterocycles. The Kier molecular flexibility index (Phi) is 9.36. The van der Waals surface area contributed by atoms with E-state index < -0.39 is 34.4 Å². The fourth-order valence-electron chi connectivity index (χ4n) is 4.60. The van der Waals surface area contributed by atoms with Crippen LogP contribution in [0.3, 0.4) is 0 Å². The minimum absolute atomic E-state index is 0.00632. The van der Waals surface area contributed by atoms with E-state index in [0.29, 0.717) is 49.2 Å². The Morgan fingerprint density at radius 1 is 1.21 bits per heavy atom. The molecule has 39 heavy (non-hydrogen) atoms. The molecule has 0 aliphatic carbocycles. The summed E-state index contributed by atoms with van der Waals surface area (Å²) in [7, 11) is -4.15. The number of piperidine rings is 1. The number of aryl methyl sites for hydroxylation is 1. The molecule has 3 heterocycles. The zero-order valence-corrected chi connectivity index (χ0v) is 22.9. The molecule has 13 heteroatoms. The molecule has 1 amide bonds. The topological polar surface area (TPSA) is 156 Å². The summed E-state index contributed by atoms with van der Waals surface area (Å²) >= 11 is 0. The first-order valence-electron chi connectivity index (χ1n) is 13.0. The number of sulfonamides is 1. The van der Waals surface area contributed by atoms with E-state index in [1.807, 2.05) is 19.1 Å². The van der Waals surface area contributed by atoms with Crippen LogP contribution in [0.4, 0.5) is 10.7 Å². The van der Waals surface area contributed by atoms with Gasteiger partial charge in [0.25, 0.3) is 0 Å². The summed E-state index contributed by atoms with van der Waals surface area (Å²) in [5, 5.41) is 3.82. The molecule has 0 bridgehead atoms. The fraction of sp³-hybridized carbons (Fsp3) is 0.462. The molecular weight excluding hydrogens is 524 g/mol. The van der Waals surface area contributed by atoms with E-state index in [0.717, 1.165) is 12.0 Å². The Morgan fingerprint density at radius 3 is 2.82 bits per heavy atom. The zero-order chi connectivity index (χ0) is 27.8. The van der Waals surface area contributed by atoms with Crippen molar-refractivity contribution in [1.29, 1.82) is 0 Å². The first-order chi connectivity index (χ1) is 18.8. The first-order valence-corrected chi connectivity index (χ1v) is 14.5. The normalized spacial score (nSPS) is 16.6. The van der Waals surface area contributed by atoms with Gasteiger partial charge in [-0.05, 0) is 57.2 Å². The summed E-state index contributed by atoms with van der Waals surface area (Å²) in [6.07, 6.45) is 5.74. The lowest BCUT2D eigenvalue weighted by molar-refractivity contribution is -0.148. The number of imidazole rings is 1. The number of carbonyl (C=O) groups excluding carboxylic acids is 2. The van der Waals surface area contributed by atoms with Crippen molar-refractivity contribution in [2.45, 2.75) is 63.1 Å². The fourth-order valence-corrected chi connectivity index (χ4v) is 6.00. The van der Waals surface area contributed by atoms with Gasteiger partial charge < -0.3 is 24.7 Å². The van der Waals surface area contributed by atoms with Gasteiger partial charge in [0, 0.05) is 43.5 Å². The number of nitrogens with one attached hydrogen (secondary N) is 3. The number of nitrogens with zero attached hydrogens (tertiary/aromatic N) is 3. The van der Waals surface area contributed by atoms with E-state index in [1.54, 1.807) is 31.6 Å². The monoisotopic (exact) mass is 558 g/mol. The van der Waals surface area contributed by atoms with Gasteiger partial charge >= 0.3 is 6.16 Å². The molecule has 1 aromatic carbocycles. The highest BCUT2D eigenvalue weighted by atomic mass is 32.2. The van der Waals surface area contributed by atoms with E-state index in [9.17, 15) is 18.0 Å². The van der Waals surface area contributed by atoms with Crippen molar-refractivity contribution < 1.29 is 27.5 Å². The first kappa shape index (κ1) is 28.3. The summed E-state index contributed by atoms with van der Waals surface area (Å²) < 4.78 is 40.3. The molecule has 1 fully saturated rings. The van der Waals surface area contributed by atoms with Gasteiger partial charge in [0.2, 0.25) is 15.9 Å². The van der Waals surface area contributed by atoms with Gasteiger partial charge in [-0.25, -0.2) is 18.2 Å². The molecule has 1 aliphatic rings. The number of benzene rings is 1. The van der Waals surface area contributed by atoms with Crippen LogP contribution < -0.4 is 10.0 Å². The van der Waals surface area contributed by atoms with E-state index >= 15 is 0 Å². The summed E-state index contributed by atoms with van der Waals surface area (Å²) in [6.45, 7) is 4.48. The van der Waals surface area contributed by atoms with Crippen molar-refractivity contribution in [3.63, 3.8) is 0 Å². The molecule has 2 aromatic heterocycles. The predicted molar refractivity (Wildman–Crippen MR) is 144 cm³/mol. The summed E-state index contributed by atoms with van der Waals surface area (Å²) in [5.41, 5.74) is 1.22. The quantitative estimate of drug-likeness (QED) is 0.237. The molecule has 12 nitrogen and oxygen atoms in total. The van der Waals surface area contributed by atoms with Crippen LogP contribution in [0.1, 0.15) is 44.6 Å². The van der Waals surface area contributed by atoms with Crippen LogP contribution in [0.15, 0.2) is 47.8 Å². The second-order valence-electron chi connectivity index (χ2n) is 9.24. The van der Waals surface area contributed by atoms with Crippen LogP contribution in [0.25, 0.3) is 10.9 Å². The van der Waals surface area contributed by atoms with Gasteiger partial charge in [0.05, 0.1) is 12.1 Å². The third-order valence-electron chi connectivity index (χ3n) is 6.52. The standard InChI is InChI=1S/C26H34N6O6S/c1-3-37-26(34)38-22-11-4-5-17-32(22)24(33)20(9-7-13-28-25-29-15-16-30-25)31-39(35,36)21-10-6-8-19-18(2)12-14-27-23(19)21/h6,8,10,12,14-16,20,22,31H,3-5,7,9,11,13,17H2,1-2H3,(H2,28,29,30)/t20-,22+/m0/s1. The van der Waals surface area contributed by atoms with Crippen molar-refractivity contribution in [1.82, 2.24) is 24.6 Å². The van der Waals surface area contributed by atoms with Crippen LogP contribution in [0.5, 0.6) is 0 Å². The smallest absolute Gasteiger partial charge is 0.435 e. The van der Waals surface area contributed by atoms with Gasteiger partial charge in [-0.2, -0.15) is 4.72 Å². The lowest BCUT2D eigenvalue weighted by Crippen LogP contribution is -2.54. The molecule has 0 spiro atoms. The minimum atomic E-state index is -4.15. The van der Waals surface area contributed by atoms with Crippen LogP contribution in [0.2, 0.25) is 0 Å². The van der Waals surface area contributed by atoms with Crippen LogP contribution >= 0.6 is 0 Å². The van der Waals surface area contributed by atoms with Crippen molar-refractivity contribution in [2.24, 2.45) is 0 Å². The number of pyridine rings is 1. The highest BCUT2D eigenvalue weighted by Crippen LogP contribution is 2.25. The third kappa shape index (κ3) is 7.03. The molecule has 0 unspecified atom stereocenters. The maximum atomic E-state index is 13.8. The van der Waals surface area contributed by atoms with E-state index in [1.165, 1.54) is 11.0 Å². The molecular formula is C26H34N6O6S. The average Bonchev–Trinajstić information content (AvgIpc) is 3.44. The van der Waals surface area contributed by atoms with Crippen molar-refractivity contribution >= 4 is 38.9 Å². The SMILES string of the molecule is CCOC(=O)O[C@@H]1CCCCN1C(=O)[C@H](CCCNc1ncc[nH]1)NS(=O)(=O)c1cccc2c(C)ccnc12. The van der Waals surface area contributed by atoms with Crippen molar-refractivity contribution in [2.75, 3.05) is 25.0 Å². The number of likely N-dealkylation sites (tertiary alicyclic amines) is 1. The highest BCUT2D eigenvalue weighted by molar-refractivity contribution is 7.89. The third-order valence-corrected chi connectivity index (χ3v) is 8.03. The van der Waals surface area contributed by atoms with Gasteiger partial charge in [-0.1, -0.05) is 12.1 Å². The lowest BCUT2D eigenvalue weighted by atomic mass is 10.1. The molecule has 3 aromatic rings. The Bertz CT molecular complexity index is 1380. The number of hydrogen-bond donors (Lipinski definition) is 3. The number of ether oxygens (including phenoxy) is 2.